The number of aliphatic hydroxyl groups is 1. The van der Waals surface area contributed by atoms with Crippen molar-refractivity contribution >= 4 is 0 Å². The van der Waals surface area contributed by atoms with Gasteiger partial charge in [-0.05, 0) is 45.2 Å². The Morgan fingerprint density at radius 1 is 1.25 bits per heavy atom. The molecule has 20 heavy (non-hydrogen) atoms. The second-order valence-corrected chi connectivity index (χ2v) is 6.18. The van der Waals surface area contributed by atoms with Crippen LogP contribution in [0.1, 0.15) is 48.4 Å². The number of aliphatic hydroxyl groups excluding tert-OH is 1. The molecule has 1 aliphatic rings. The van der Waals surface area contributed by atoms with Crippen molar-refractivity contribution in [1.29, 1.82) is 0 Å². The minimum absolute atomic E-state index is 0.0925. The van der Waals surface area contributed by atoms with Gasteiger partial charge in [0.05, 0.1) is 6.61 Å². The van der Waals surface area contributed by atoms with E-state index in [1.54, 1.807) is 0 Å². The molecule has 0 spiro atoms. The van der Waals surface area contributed by atoms with Gasteiger partial charge >= 0.3 is 0 Å². The first-order valence-electron chi connectivity index (χ1n) is 7.79. The molecule has 1 aromatic rings. The number of nitrogens with two attached hydrogens (primary N) is 1. The Labute approximate surface area is 122 Å². The Bertz CT molecular complexity index is 413. The molecule has 1 saturated heterocycles. The summed E-state index contributed by atoms with van der Waals surface area (Å²) in [5, 5.41) is 9.44. The molecule has 0 bridgehead atoms. The molecule has 1 aromatic carbocycles. The SMILES string of the molecule is Cc1cc(C)cc(C(N)CCN2CCCCC2CO)c1. The zero-order valence-corrected chi connectivity index (χ0v) is 12.8. The van der Waals surface area contributed by atoms with E-state index in [0.29, 0.717) is 6.04 Å². The number of benzene rings is 1. The van der Waals surface area contributed by atoms with Gasteiger partial charge in [-0.3, -0.25) is 4.90 Å². The van der Waals surface area contributed by atoms with Crippen LogP contribution >= 0.6 is 0 Å². The zero-order chi connectivity index (χ0) is 14.5. The molecular formula is C17H28N2O. The first-order chi connectivity index (χ1) is 9.60. The highest BCUT2D eigenvalue weighted by molar-refractivity contribution is 5.30. The molecule has 3 nitrogen and oxygen atoms in total. The number of nitrogens with zero attached hydrogens (tertiary/aromatic N) is 1. The van der Waals surface area contributed by atoms with Gasteiger partial charge in [-0.2, -0.15) is 0 Å². The Hall–Kier alpha value is -0.900. The quantitative estimate of drug-likeness (QED) is 0.869. The summed E-state index contributed by atoms with van der Waals surface area (Å²) in [5.74, 6) is 0. The van der Waals surface area contributed by atoms with Gasteiger partial charge in [0.1, 0.15) is 0 Å². The van der Waals surface area contributed by atoms with Gasteiger partial charge in [0.2, 0.25) is 0 Å². The van der Waals surface area contributed by atoms with Crippen molar-refractivity contribution in [3.8, 4) is 0 Å². The number of hydrogen-bond acceptors (Lipinski definition) is 3. The molecule has 1 aliphatic heterocycles. The van der Waals surface area contributed by atoms with Gasteiger partial charge in [0.15, 0.2) is 0 Å². The molecule has 3 heteroatoms. The minimum Gasteiger partial charge on any atom is -0.395 e. The lowest BCUT2D eigenvalue weighted by Gasteiger charge is -2.35. The predicted octanol–water partition coefficient (Wildman–Crippen LogP) is 2.54. The van der Waals surface area contributed by atoms with Gasteiger partial charge in [-0.15, -0.1) is 0 Å². The van der Waals surface area contributed by atoms with E-state index >= 15 is 0 Å². The molecule has 2 atom stereocenters. The van der Waals surface area contributed by atoms with E-state index in [4.69, 9.17) is 5.73 Å². The number of likely N-dealkylation sites (tertiary alicyclic amines) is 1. The summed E-state index contributed by atoms with van der Waals surface area (Å²) in [5.41, 5.74) is 10.1. The summed E-state index contributed by atoms with van der Waals surface area (Å²) < 4.78 is 0. The van der Waals surface area contributed by atoms with Gasteiger partial charge in [-0.1, -0.05) is 35.7 Å². The van der Waals surface area contributed by atoms with Crippen molar-refractivity contribution < 1.29 is 5.11 Å². The molecule has 0 radical (unpaired) electrons. The maximum atomic E-state index is 9.44. The van der Waals surface area contributed by atoms with Crippen LogP contribution in [0.15, 0.2) is 18.2 Å². The molecule has 2 unspecified atom stereocenters. The lowest BCUT2D eigenvalue weighted by atomic mass is 9.98. The molecule has 2 rings (SSSR count). The third-order valence-corrected chi connectivity index (χ3v) is 4.36. The smallest absolute Gasteiger partial charge is 0.0586 e. The van der Waals surface area contributed by atoms with Crippen molar-refractivity contribution in [2.24, 2.45) is 5.73 Å². The number of hydrogen-bond donors (Lipinski definition) is 2. The second kappa shape index (κ2) is 7.21. The maximum absolute atomic E-state index is 9.44. The Kier molecular flexibility index (Phi) is 5.58. The Balaban J connectivity index is 1.92. The minimum atomic E-state index is 0.0925. The number of aryl methyl sites for hydroxylation is 2. The highest BCUT2D eigenvalue weighted by atomic mass is 16.3. The van der Waals surface area contributed by atoms with Crippen molar-refractivity contribution in [2.75, 3.05) is 19.7 Å². The number of rotatable bonds is 5. The monoisotopic (exact) mass is 276 g/mol. The predicted molar refractivity (Wildman–Crippen MR) is 83.8 cm³/mol. The van der Waals surface area contributed by atoms with E-state index in [2.05, 4.69) is 36.9 Å². The Morgan fingerprint density at radius 2 is 1.95 bits per heavy atom. The van der Waals surface area contributed by atoms with Gasteiger partial charge in [0.25, 0.3) is 0 Å². The van der Waals surface area contributed by atoms with E-state index in [-0.39, 0.29) is 12.6 Å². The maximum Gasteiger partial charge on any atom is 0.0586 e. The van der Waals surface area contributed by atoms with Crippen molar-refractivity contribution in [3.05, 3.63) is 34.9 Å². The van der Waals surface area contributed by atoms with E-state index in [0.717, 1.165) is 25.9 Å². The van der Waals surface area contributed by atoms with Crippen LogP contribution < -0.4 is 5.73 Å². The number of piperidine rings is 1. The molecule has 0 aromatic heterocycles. The van der Waals surface area contributed by atoms with Crippen LogP contribution in [0.25, 0.3) is 0 Å². The molecular weight excluding hydrogens is 248 g/mol. The van der Waals surface area contributed by atoms with Gasteiger partial charge in [-0.25, -0.2) is 0 Å². The zero-order valence-electron chi connectivity index (χ0n) is 12.8. The molecule has 0 saturated carbocycles. The fourth-order valence-electron chi connectivity index (χ4n) is 3.26. The second-order valence-electron chi connectivity index (χ2n) is 6.18. The van der Waals surface area contributed by atoms with E-state index in [1.807, 2.05) is 0 Å². The van der Waals surface area contributed by atoms with Crippen LogP contribution in [0, 0.1) is 13.8 Å². The van der Waals surface area contributed by atoms with Crippen LogP contribution in [0.3, 0.4) is 0 Å². The lowest BCUT2D eigenvalue weighted by Crippen LogP contribution is -2.42. The average molecular weight is 276 g/mol. The fourth-order valence-corrected chi connectivity index (χ4v) is 3.26. The van der Waals surface area contributed by atoms with Gasteiger partial charge in [0, 0.05) is 18.6 Å². The molecule has 0 aliphatic carbocycles. The molecule has 1 heterocycles. The van der Waals surface area contributed by atoms with Crippen LogP contribution in [-0.2, 0) is 0 Å². The molecule has 3 N–H and O–H groups in total. The van der Waals surface area contributed by atoms with E-state index in [9.17, 15) is 5.11 Å². The van der Waals surface area contributed by atoms with E-state index < -0.39 is 0 Å². The molecule has 0 amide bonds. The third kappa shape index (κ3) is 4.05. The van der Waals surface area contributed by atoms with Crippen molar-refractivity contribution in [2.45, 2.75) is 51.6 Å². The van der Waals surface area contributed by atoms with Crippen LogP contribution in [-0.4, -0.2) is 35.7 Å². The van der Waals surface area contributed by atoms with Crippen molar-refractivity contribution in [3.63, 3.8) is 0 Å². The average Bonchev–Trinajstić information content (AvgIpc) is 2.44. The van der Waals surface area contributed by atoms with E-state index in [1.165, 1.54) is 29.5 Å². The summed E-state index contributed by atoms with van der Waals surface area (Å²) in [7, 11) is 0. The highest BCUT2D eigenvalue weighted by Gasteiger charge is 2.21. The highest BCUT2D eigenvalue weighted by Crippen LogP contribution is 2.21. The lowest BCUT2D eigenvalue weighted by molar-refractivity contribution is 0.0875. The first kappa shape index (κ1) is 15.5. The summed E-state index contributed by atoms with van der Waals surface area (Å²) in [6.07, 6.45) is 4.56. The van der Waals surface area contributed by atoms with Gasteiger partial charge < -0.3 is 10.8 Å². The first-order valence-corrected chi connectivity index (χ1v) is 7.79. The standard InChI is InChI=1S/C17H28N2O/c1-13-9-14(2)11-15(10-13)17(18)6-8-19-7-4-3-5-16(19)12-20/h9-11,16-17,20H,3-8,12,18H2,1-2H3. The summed E-state index contributed by atoms with van der Waals surface area (Å²) in [6, 6.07) is 7.00. The van der Waals surface area contributed by atoms with Crippen molar-refractivity contribution in [1.82, 2.24) is 4.90 Å². The fraction of sp³-hybridized carbons (Fsp3) is 0.647. The summed E-state index contributed by atoms with van der Waals surface area (Å²) in [6.45, 7) is 6.61. The normalized spacial score (nSPS) is 21.9. The van der Waals surface area contributed by atoms with Crippen LogP contribution in [0.2, 0.25) is 0 Å². The third-order valence-electron chi connectivity index (χ3n) is 4.36. The summed E-state index contributed by atoms with van der Waals surface area (Å²) >= 11 is 0. The molecule has 1 fully saturated rings. The summed E-state index contributed by atoms with van der Waals surface area (Å²) in [4.78, 5) is 2.41. The Morgan fingerprint density at radius 3 is 2.60 bits per heavy atom. The van der Waals surface area contributed by atoms with Crippen LogP contribution in [0.5, 0.6) is 0 Å². The largest absolute Gasteiger partial charge is 0.395 e. The van der Waals surface area contributed by atoms with Crippen LogP contribution in [0.4, 0.5) is 0 Å². The molecule has 112 valence electrons. The topological polar surface area (TPSA) is 49.5 Å².